The number of nitrogens with one attached hydrogen (secondary N) is 1. The number of para-hydroxylation sites is 2. The van der Waals surface area contributed by atoms with Crippen LogP contribution in [0.2, 0.25) is 0 Å². The van der Waals surface area contributed by atoms with E-state index in [4.69, 9.17) is 4.74 Å². The predicted molar refractivity (Wildman–Crippen MR) is 133 cm³/mol. The number of nitro benzene ring substituents is 1. The van der Waals surface area contributed by atoms with Crippen molar-refractivity contribution in [3.8, 4) is 11.4 Å². The second-order valence-electron chi connectivity index (χ2n) is 7.15. The maximum absolute atomic E-state index is 13.3. The number of aromatic nitrogens is 2. The van der Waals surface area contributed by atoms with Gasteiger partial charge in [-0.1, -0.05) is 36.0 Å². The van der Waals surface area contributed by atoms with E-state index in [0.29, 0.717) is 27.5 Å². The number of ether oxygens (including phenoxy) is 1. The first-order valence-electron chi connectivity index (χ1n) is 10.3. The lowest BCUT2D eigenvalue weighted by Gasteiger charge is -2.13. The highest BCUT2D eigenvalue weighted by molar-refractivity contribution is 7.99. The Morgan fingerprint density at radius 3 is 2.60 bits per heavy atom. The van der Waals surface area contributed by atoms with Gasteiger partial charge in [-0.25, -0.2) is 10.4 Å². The molecule has 10 nitrogen and oxygen atoms in total. The van der Waals surface area contributed by atoms with Gasteiger partial charge in [-0.2, -0.15) is 5.10 Å². The minimum absolute atomic E-state index is 0.0881. The van der Waals surface area contributed by atoms with E-state index < -0.39 is 10.8 Å². The molecule has 1 amide bonds. The van der Waals surface area contributed by atoms with E-state index in [2.05, 4.69) is 15.5 Å². The fraction of sp³-hybridized carbons (Fsp3) is 0.0833. The van der Waals surface area contributed by atoms with Gasteiger partial charge in [0, 0.05) is 6.07 Å². The van der Waals surface area contributed by atoms with Crippen LogP contribution in [0.5, 0.6) is 5.75 Å². The van der Waals surface area contributed by atoms with Crippen molar-refractivity contribution in [3.05, 3.63) is 98.8 Å². The van der Waals surface area contributed by atoms with Crippen LogP contribution in [0.25, 0.3) is 16.6 Å². The minimum Gasteiger partial charge on any atom is -0.497 e. The van der Waals surface area contributed by atoms with Crippen LogP contribution in [0.1, 0.15) is 5.56 Å². The van der Waals surface area contributed by atoms with Crippen molar-refractivity contribution in [2.75, 3.05) is 12.9 Å². The topological polar surface area (TPSA) is 129 Å². The van der Waals surface area contributed by atoms with Gasteiger partial charge >= 0.3 is 0 Å². The summed E-state index contributed by atoms with van der Waals surface area (Å²) in [6.45, 7) is 0. The summed E-state index contributed by atoms with van der Waals surface area (Å²) in [4.78, 5) is 40.8. The van der Waals surface area contributed by atoms with Crippen LogP contribution < -0.4 is 15.7 Å². The molecule has 4 aromatic rings. The van der Waals surface area contributed by atoms with E-state index in [1.807, 2.05) is 0 Å². The summed E-state index contributed by atoms with van der Waals surface area (Å²) in [5.41, 5.74) is 3.31. The summed E-state index contributed by atoms with van der Waals surface area (Å²) in [7, 11) is 1.55. The van der Waals surface area contributed by atoms with Gasteiger partial charge in [-0.3, -0.25) is 24.3 Å². The number of hydrazone groups is 1. The molecule has 0 fully saturated rings. The molecule has 0 radical (unpaired) electrons. The molecule has 4 rings (SSSR count). The average molecular weight is 490 g/mol. The average Bonchev–Trinajstić information content (AvgIpc) is 2.88. The highest BCUT2D eigenvalue weighted by atomic mass is 32.2. The molecule has 0 aliphatic heterocycles. The second-order valence-corrected chi connectivity index (χ2v) is 8.09. The molecule has 0 saturated carbocycles. The third-order valence-electron chi connectivity index (χ3n) is 4.93. The van der Waals surface area contributed by atoms with Gasteiger partial charge in [0.1, 0.15) is 5.75 Å². The van der Waals surface area contributed by atoms with Crippen LogP contribution in [-0.2, 0) is 4.79 Å². The van der Waals surface area contributed by atoms with Gasteiger partial charge in [-0.05, 0) is 42.5 Å². The molecule has 0 atom stereocenters. The summed E-state index contributed by atoms with van der Waals surface area (Å²) in [6, 6.07) is 20.0. The maximum atomic E-state index is 13.3. The zero-order valence-electron chi connectivity index (χ0n) is 18.5. The van der Waals surface area contributed by atoms with Crippen LogP contribution in [0.15, 0.2) is 87.8 Å². The Morgan fingerprint density at radius 1 is 1.14 bits per heavy atom. The third kappa shape index (κ3) is 5.36. The maximum Gasteiger partial charge on any atom is 0.278 e. The van der Waals surface area contributed by atoms with E-state index in [1.165, 1.54) is 22.9 Å². The number of carbonyl (C=O) groups is 1. The summed E-state index contributed by atoms with van der Waals surface area (Å²) in [6.07, 6.45) is 1.21. The standard InChI is InChI=1S/C24H19N5O5S/c1-34-18-12-10-17(11-13-18)28-23(31)19-7-3-4-8-20(19)26-24(28)35-15-22(30)27-25-14-16-6-2-5-9-21(16)29(32)33/h2-14H,15H2,1H3,(H,27,30)/b25-14+. The van der Waals surface area contributed by atoms with Gasteiger partial charge in [0.25, 0.3) is 17.2 Å². The van der Waals surface area contributed by atoms with E-state index in [9.17, 15) is 19.7 Å². The normalized spacial score (nSPS) is 11.0. The number of amides is 1. The van der Waals surface area contributed by atoms with E-state index in [0.717, 1.165) is 11.8 Å². The van der Waals surface area contributed by atoms with Crippen molar-refractivity contribution < 1.29 is 14.5 Å². The molecule has 0 aliphatic rings. The fourth-order valence-electron chi connectivity index (χ4n) is 3.27. The molecule has 176 valence electrons. The van der Waals surface area contributed by atoms with Crippen molar-refractivity contribution in [1.82, 2.24) is 15.0 Å². The molecule has 0 unspecified atom stereocenters. The van der Waals surface area contributed by atoms with Crippen LogP contribution in [-0.4, -0.2) is 39.5 Å². The second kappa shape index (κ2) is 10.6. The number of benzene rings is 3. The third-order valence-corrected chi connectivity index (χ3v) is 5.87. The summed E-state index contributed by atoms with van der Waals surface area (Å²) in [5, 5.41) is 15.7. The SMILES string of the molecule is COc1ccc(-n2c(SCC(=O)N/N=C/c3ccccc3[N+](=O)[O-])nc3ccccc3c2=O)cc1. The lowest BCUT2D eigenvalue weighted by atomic mass is 10.2. The summed E-state index contributed by atoms with van der Waals surface area (Å²) >= 11 is 1.07. The molecule has 1 heterocycles. The van der Waals surface area contributed by atoms with E-state index >= 15 is 0 Å². The number of thioether (sulfide) groups is 1. The number of nitro groups is 1. The largest absolute Gasteiger partial charge is 0.497 e. The Morgan fingerprint density at radius 2 is 1.86 bits per heavy atom. The Labute approximate surface area is 203 Å². The molecule has 3 aromatic carbocycles. The summed E-state index contributed by atoms with van der Waals surface area (Å²) in [5.74, 6) is 0.0870. The van der Waals surface area contributed by atoms with E-state index in [1.54, 1.807) is 67.8 Å². The lowest BCUT2D eigenvalue weighted by Crippen LogP contribution is -2.24. The lowest BCUT2D eigenvalue weighted by molar-refractivity contribution is -0.385. The Bertz CT molecular complexity index is 1480. The van der Waals surface area contributed by atoms with Crippen molar-refractivity contribution in [1.29, 1.82) is 0 Å². The quantitative estimate of drug-likeness (QED) is 0.132. The monoisotopic (exact) mass is 489 g/mol. The summed E-state index contributed by atoms with van der Waals surface area (Å²) < 4.78 is 6.63. The van der Waals surface area contributed by atoms with Gasteiger partial charge in [-0.15, -0.1) is 0 Å². The highest BCUT2D eigenvalue weighted by Gasteiger charge is 2.15. The molecule has 0 aliphatic carbocycles. The van der Waals surface area contributed by atoms with E-state index in [-0.39, 0.29) is 22.6 Å². The molecule has 35 heavy (non-hydrogen) atoms. The zero-order valence-corrected chi connectivity index (χ0v) is 19.3. The Hall–Kier alpha value is -4.51. The molecule has 1 N–H and O–H groups in total. The van der Waals surface area contributed by atoms with Gasteiger partial charge in [0.05, 0.1) is 46.2 Å². The number of rotatable bonds is 8. The smallest absolute Gasteiger partial charge is 0.278 e. The van der Waals surface area contributed by atoms with Gasteiger partial charge in [0.2, 0.25) is 0 Å². The Kier molecular flexibility index (Phi) is 7.17. The van der Waals surface area contributed by atoms with Crippen molar-refractivity contribution >= 4 is 40.5 Å². The highest BCUT2D eigenvalue weighted by Crippen LogP contribution is 2.23. The van der Waals surface area contributed by atoms with Crippen LogP contribution >= 0.6 is 11.8 Å². The zero-order chi connectivity index (χ0) is 24.8. The predicted octanol–water partition coefficient (Wildman–Crippen LogP) is 3.54. The fourth-order valence-corrected chi connectivity index (χ4v) is 4.07. The number of hydrogen-bond acceptors (Lipinski definition) is 8. The number of carbonyl (C=O) groups excluding carboxylic acids is 1. The van der Waals surface area contributed by atoms with Gasteiger partial charge < -0.3 is 4.74 Å². The first-order valence-corrected chi connectivity index (χ1v) is 11.3. The van der Waals surface area contributed by atoms with Crippen LogP contribution in [0.4, 0.5) is 5.69 Å². The molecule has 0 bridgehead atoms. The molecule has 0 saturated heterocycles. The number of nitrogens with zero attached hydrogens (tertiary/aromatic N) is 4. The van der Waals surface area contributed by atoms with Crippen molar-refractivity contribution in [2.24, 2.45) is 5.10 Å². The Balaban J connectivity index is 1.56. The van der Waals surface area contributed by atoms with Gasteiger partial charge in [0.15, 0.2) is 5.16 Å². The molecular weight excluding hydrogens is 470 g/mol. The van der Waals surface area contributed by atoms with Crippen molar-refractivity contribution in [3.63, 3.8) is 0 Å². The molecular formula is C24H19N5O5S. The van der Waals surface area contributed by atoms with Crippen LogP contribution in [0.3, 0.4) is 0 Å². The number of fused-ring (bicyclic) bond motifs is 1. The molecule has 11 heteroatoms. The van der Waals surface area contributed by atoms with Crippen molar-refractivity contribution in [2.45, 2.75) is 5.16 Å². The first-order chi connectivity index (χ1) is 17.0. The molecule has 1 aromatic heterocycles. The first kappa shape index (κ1) is 23.6. The molecule has 0 spiro atoms. The number of methoxy groups -OCH3 is 1. The minimum atomic E-state index is -0.525. The van der Waals surface area contributed by atoms with Crippen LogP contribution in [0, 0.1) is 10.1 Å². The number of hydrogen-bond donors (Lipinski definition) is 1.